The van der Waals surface area contributed by atoms with Crippen LogP contribution in [-0.2, 0) is 23.7 Å². The van der Waals surface area contributed by atoms with E-state index in [1.54, 1.807) is 0 Å². The van der Waals surface area contributed by atoms with Crippen molar-refractivity contribution >= 4 is 0 Å². The first-order valence-electron chi connectivity index (χ1n) is 5.63. The third-order valence-corrected chi connectivity index (χ3v) is 3.18. The van der Waals surface area contributed by atoms with Crippen LogP contribution in [0.1, 0.15) is 27.7 Å². The van der Waals surface area contributed by atoms with E-state index in [0.717, 1.165) is 0 Å². The van der Waals surface area contributed by atoms with Gasteiger partial charge in [-0.05, 0) is 27.7 Å². The zero-order valence-electron chi connectivity index (χ0n) is 10.1. The van der Waals surface area contributed by atoms with E-state index in [9.17, 15) is 0 Å². The van der Waals surface area contributed by atoms with Gasteiger partial charge in [-0.1, -0.05) is 0 Å². The molecule has 2 unspecified atom stereocenters. The van der Waals surface area contributed by atoms with Gasteiger partial charge in [0.25, 0.3) is 0 Å². The van der Waals surface area contributed by atoms with E-state index < -0.39 is 17.2 Å². The molecule has 0 amide bonds. The largest absolute Gasteiger partial charge is 0.347 e. The molecule has 3 heterocycles. The summed E-state index contributed by atoms with van der Waals surface area (Å²) < 4.78 is 28.7. The van der Waals surface area contributed by atoms with E-state index in [2.05, 4.69) is 0 Å². The Morgan fingerprint density at radius 2 is 1.69 bits per heavy atom. The Bertz CT molecular complexity index is 311. The molecule has 0 N–H and O–H groups in total. The highest BCUT2D eigenvalue weighted by Crippen LogP contribution is 2.46. The number of hydrogen-bond donors (Lipinski definition) is 0. The first-order valence-corrected chi connectivity index (χ1v) is 5.63. The Morgan fingerprint density at radius 3 is 2.31 bits per heavy atom. The van der Waals surface area contributed by atoms with Gasteiger partial charge in [0.2, 0.25) is 0 Å². The summed E-state index contributed by atoms with van der Waals surface area (Å²) in [6.07, 6.45) is -0.545. The van der Waals surface area contributed by atoms with Crippen LogP contribution in [0.4, 0.5) is 0 Å². The van der Waals surface area contributed by atoms with Crippen molar-refractivity contribution in [1.29, 1.82) is 0 Å². The summed E-state index contributed by atoms with van der Waals surface area (Å²) in [6, 6.07) is 0. The standard InChI is InChI=1S/C11H18O5/c1-9(2)13-6-11(16-9)5-12-8-7(11)14-10(3,4)15-8/h7-8H,5-6H2,1-4H3/t7-,8?,11?/m0/s1. The molecule has 92 valence electrons. The fourth-order valence-corrected chi connectivity index (χ4v) is 2.57. The summed E-state index contributed by atoms with van der Waals surface area (Å²) in [5.74, 6) is -1.19. The number of fused-ring (bicyclic) bond motifs is 2. The second-order valence-corrected chi connectivity index (χ2v) is 5.59. The maximum absolute atomic E-state index is 5.95. The molecule has 5 heteroatoms. The minimum absolute atomic E-state index is 0.204. The molecule has 0 radical (unpaired) electrons. The predicted molar refractivity (Wildman–Crippen MR) is 53.6 cm³/mol. The van der Waals surface area contributed by atoms with E-state index >= 15 is 0 Å². The smallest absolute Gasteiger partial charge is 0.190 e. The van der Waals surface area contributed by atoms with Crippen LogP contribution >= 0.6 is 0 Å². The quantitative estimate of drug-likeness (QED) is 0.621. The van der Waals surface area contributed by atoms with Crippen LogP contribution in [0.5, 0.6) is 0 Å². The van der Waals surface area contributed by atoms with Crippen molar-refractivity contribution in [1.82, 2.24) is 0 Å². The van der Waals surface area contributed by atoms with Crippen molar-refractivity contribution in [2.45, 2.75) is 57.3 Å². The number of rotatable bonds is 0. The predicted octanol–water partition coefficient (Wildman–Crippen LogP) is 1.02. The van der Waals surface area contributed by atoms with Gasteiger partial charge in [-0.3, -0.25) is 0 Å². The molecular formula is C11H18O5. The first kappa shape index (κ1) is 10.9. The maximum atomic E-state index is 5.95. The van der Waals surface area contributed by atoms with Crippen LogP contribution in [0, 0.1) is 0 Å². The minimum atomic E-state index is -0.612. The molecule has 5 nitrogen and oxygen atoms in total. The molecule has 16 heavy (non-hydrogen) atoms. The molecule has 0 saturated carbocycles. The van der Waals surface area contributed by atoms with Crippen LogP contribution in [0.15, 0.2) is 0 Å². The monoisotopic (exact) mass is 230 g/mol. The van der Waals surface area contributed by atoms with Gasteiger partial charge >= 0.3 is 0 Å². The summed E-state index contributed by atoms with van der Waals surface area (Å²) in [6.45, 7) is 8.50. The normalized spacial score (nSPS) is 48.8. The van der Waals surface area contributed by atoms with Gasteiger partial charge < -0.3 is 23.7 Å². The van der Waals surface area contributed by atoms with Gasteiger partial charge in [-0.2, -0.15) is 0 Å². The topological polar surface area (TPSA) is 46.2 Å². The average molecular weight is 230 g/mol. The van der Waals surface area contributed by atoms with Crippen molar-refractivity contribution in [3.8, 4) is 0 Å². The fourth-order valence-electron chi connectivity index (χ4n) is 2.57. The van der Waals surface area contributed by atoms with Crippen LogP contribution < -0.4 is 0 Å². The fraction of sp³-hybridized carbons (Fsp3) is 1.00. The van der Waals surface area contributed by atoms with Gasteiger partial charge in [0.1, 0.15) is 11.7 Å². The van der Waals surface area contributed by atoms with Gasteiger partial charge in [0.05, 0.1) is 13.2 Å². The SMILES string of the molecule is CC1(C)OC2OCC3(COC(C)(C)O3)[C@H]2O1. The van der Waals surface area contributed by atoms with Gasteiger partial charge in [-0.25, -0.2) is 0 Å². The summed E-state index contributed by atoms with van der Waals surface area (Å²) in [5, 5.41) is 0. The highest BCUT2D eigenvalue weighted by molar-refractivity contribution is 5.03. The zero-order chi connectivity index (χ0) is 11.6. The Hall–Kier alpha value is -0.200. The average Bonchev–Trinajstić information content (AvgIpc) is 2.69. The van der Waals surface area contributed by atoms with Crippen LogP contribution in [-0.4, -0.2) is 42.8 Å². The lowest BCUT2D eigenvalue weighted by atomic mass is 10.0. The second-order valence-electron chi connectivity index (χ2n) is 5.59. The van der Waals surface area contributed by atoms with Crippen LogP contribution in [0.3, 0.4) is 0 Å². The van der Waals surface area contributed by atoms with E-state index in [4.69, 9.17) is 23.7 Å². The molecule has 1 spiro atoms. The summed E-state index contributed by atoms with van der Waals surface area (Å²) in [5.41, 5.74) is -0.512. The Morgan fingerprint density at radius 1 is 0.938 bits per heavy atom. The highest BCUT2D eigenvalue weighted by Gasteiger charge is 2.64. The van der Waals surface area contributed by atoms with Crippen molar-refractivity contribution in [3.05, 3.63) is 0 Å². The molecule has 0 aromatic rings. The lowest BCUT2D eigenvalue weighted by Crippen LogP contribution is -2.47. The van der Waals surface area contributed by atoms with Gasteiger partial charge in [0.15, 0.2) is 17.9 Å². The molecular weight excluding hydrogens is 212 g/mol. The summed E-state index contributed by atoms with van der Waals surface area (Å²) in [7, 11) is 0. The molecule has 3 fully saturated rings. The number of ether oxygens (including phenoxy) is 5. The second kappa shape index (κ2) is 2.97. The zero-order valence-corrected chi connectivity index (χ0v) is 10.1. The number of hydrogen-bond acceptors (Lipinski definition) is 5. The molecule has 0 aromatic heterocycles. The van der Waals surface area contributed by atoms with Crippen molar-refractivity contribution in [2.24, 2.45) is 0 Å². The summed E-state index contributed by atoms with van der Waals surface area (Å²) >= 11 is 0. The van der Waals surface area contributed by atoms with E-state index in [1.165, 1.54) is 0 Å². The molecule has 0 aromatic carbocycles. The molecule has 3 saturated heterocycles. The molecule has 3 aliphatic heterocycles. The molecule has 3 atom stereocenters. The third-order valence-electron chi connectivity index (χ3n) is 3.18. The molecule has 3 aliphatic rings. The summed E-state index contributed by atoms with van der Waals surface area (Å²) in [4.78, 5) is 0. The Balaban J connectivity index is 1.84. The van der Waals surface area contributed by atoms with Crippen molar-refractivity contribution < 1.29 is 23.7 Å². The Labute approximate surface area is 94.9 Å². The van der Waals surface area contributed by atoms with Crippen LogP contribution in [0.2, 0.25) is 0 Å². The lowest BCUT2D eigenvalue weighted by molar-refractivity contribution is -0.225. The molecule has 0 aliphatic carbocycles. The molecule has 0 bridgehead atoms. The van der Waals surface area contributed by atoms with Gasteiger partial charge in [-0.15, -0.1) is 0 Å². The van der Waals surface area contributed by atoms with Crippen molar-refractivity contribution in [3.63, 3.8) is 0 Å². The lowest BCUT2D eigenvalue weighted by Gasteiger charge is -2.28. The third kappa shape index (κ3) is 1.50. The van der Waals surface area contributed by atoms with E-state index in [1.807, 2.05) is 27.7 Å². The van der Waals surface area contributed by atoms with E-state index in [-0.39, 0.29) is 12.4 Å². The maximum Gasteiger partial charge on any atom is 0.190 e. The van der Waals surface area contributed by atoms with Crippen molar-refractivity contribution in [2.75, 3.05) is 13.2 Å². The first-order chi connectivity index (χ1) is 7.32. The Kier molecular flexibility index (Phi) is 2.03. The van der Waals surface area contributed by atoms with Crippen LogP contribution in [0.25, 0.3) is 0 Å². The van der Waals surface area contributed by atoms with Gasteiger partial charge in [0, 0.05) is 0 Å². The minimum Gasteiger partial charge on any atom is -0.347 e. The molecule has 3 rings (SSSR count). The van der Waals surface area contributed by atoms with E-state index in [0.29, 0.717) is 13.2 Å². The highest BCUT2D eigenvalue weighted by atomic mass is 16.9.